The number of hydrogen-bond acceptors (Lipinski definition) is 2. The smallest absolute Gasteiger partial charge is 0.118 e. The van der Waals surface area contributed by atoms with E-state index in [1.165, 1.54) is 57.8 Å². The highest BCUT2D eigenvalue weighted by Gasteiger charge is 2.47. The molecule has 3 nitrogen and oxygen atoms in total. The Morgan fingerprint density at radius 1 is 1.22 bits per heavy atom. The van der Waals surface area contributed by atoms with E-state index in [2.05, 4.69) is 33.5 Å². The summed E-state index contributed by atoms with van der Waals surface area (Å²) in [5, 5.41) is 0. The van der Waals surface area contributed by atoms with E-state index in [4.69, 9.17) is 5.84 Å². The van der Waals surface area contributed by atoms with Crippen LogP contribution in [0.2, 0.25) is 0 Å². The highest BCUT2D eigenvalue weighted by Crippen LogP contribution is 2.40. The van der Waals surface area contributed by atoms with Crippen LogP contribution < -0.4 is 11.4 Å². The maximum Gasteiger partial charge on any atom is 0.118 e. The van der Waals surface area contributed by atoms with Gasteiger partial charge in [0.15, 0.2) is 0 Å². The van der Waals surface area contributed by atoms with Gasteiger partial charge >= 0.3 is 0 Å². The average molecular weight is 258 g/mol. The lowest BCUT2D eigenvalue weighted by Crippen LogP contribution is -2.69. The topological polar surface area (TPSA) is 38.0 Å². The summed E-state index contributed by atoms with van der Waals surface area (Å²) in [5.41, 5.74) is 3.40. The molecule has 0 aromatic heterocycles. The molecule has 1 aliphatic carbocycles. The Morgan fingerprint density at radius 3 is 2.33 bits per heavy atom. The molecule has 0 heterocycles. The number of hydrogen-bond donors (Lipinski definition) is 2. The molecule has 3 N–H and O–H groups in total. The summed E-state index contributed by atoms with van der Waals surface area (Å²) in [5.74, 6) is 6.63. The Hall–Kier alpha value is -0.120. The van der Waals surface area contributed by atoms with Gasteiger partial charge in [-0.1, -0.05) is 39.5 Å². The molecule has 0 amide bonds. The highest BCUT2D eigenvalue weighted by molar-refractivity contribution is 4.86. The third-order valence-corrected chi connectivity index (χ3v) is 5.07. The van der Waals surface area contributed by atoms with Crippen molar-refractivity contribution in [2.45, 2.75) is 77.2 Å². The van der Waals surface area contributed by atoms with Gasteiger partial charge in [0.1, 0.15) is 5.54 Å². The maximum atomic E-state index is 5.82. The Bertz CT molecular complexity index is 232. The van der Waals surface area contributed by atoms with E-state index >= 15 is 0 Å². The van der Waals surface area contributed by atoms with Gasteiger partial charge in [0, 0.05) is 19.3 Å². The Balaban J connectivity index is 2.71. The van der Waals surface area contributed by atoms with Crippen LogP contribution in [0.1, 0.15) is 71.6 Å². The van der Waals surface area contributed by atoms with Crippen molar-refractivity contribution in [1.82, 2.24) is 5.53 Å². The minimum atomic E-state index is 0.347. The van der Waals surface area contributed by atoms with Crippen LogP contribution >= 0.6 is 0 Å². The molecule has 0 radical (unpaired) electrons. The van der Waals surface area contributed by atoms with Gasteiger partial charge in [-0.05, 0) is 18.8 Å². The van der Waals surface area contributed by atoms with Crippen molar-refractivity contribution in [3.8, 4) is 0 Å². The van der Waals surface area contributed by atoms with E-state index < -0.39 is 0 Å². The third-order valence-electron chi connectivity index (χ3n) is 5.07. The quantitative estimate of drug-likeness (QED) is 0.417. The van der Waals surface area contributed by atoms with Gasteiger partial charge in [-0.2, -0.15) is 0 Å². The van der Waals surface area contributed by atoms with Crippen molar-refractivity contribution in [1.29, 1.82) is 0 Å². The van der Waals surface area contributed by atoms with Gasteiger partial charge in [0.25, 0.3) is 0 Å². The van der Waals surface area contributed by atoms with Crippen molar-refractivity contribution in [2.75, 3.05) is 14.1 Å². The minimum absolute atomic E-state index is 0.347. The number of quaternary nitrogens is 1. The second-order valence-corrected chi connectivity index (χ2v) is 6.82. The lowest BCUT2D eigenvalue weighted by Gasteiger charge is -2.50. The van der Waals surface area contributed by atoms with Crippen molar-refractivity contribution >= 4 is 0 Å². The molecule has 1 saturated carbocycles. The summed E-state index contributed by atoms with van der Waals surface area (Å²) in [4.78, 5) is 0. The molecule has 18 heavy (non-hydrogen) atoms. The van der Waals surface area contributed by atoms with E-state index in [-0.39, 0.29) is 0 Å². The van der Waals surface area contributed by atoms with E-state index in [9.17, 15) is 0 Å². The van der Waals surface area contributed by atoms with Crippen molar-refractivity contribution in [2.24, 2.45) is 11.8 Å². The molecule has 108 valence electrons. The number of nitrogens with one attached hydrogen (secondary N) is 1. The van der Waals surface area contributed by atoms with Crippen LogP contribution in [0.3, 0.4) is 0 Å². The Labute approximate surface area is 114 Å². The molecule has 0 aromatic carbocycles. The van der Waals surface area contributed by atoms with Crippen LogP contribution in [0, 0.1) is 5.92 Å². The van der Waals surface area contributed by atoms with Crippen LogP contribution in [-0.2, 0) is 0 Å². The molecule has 1 fully saturated rings. The Morgan fingerprint density at radius 2 is 1.83 bits per heavy atom. The molecule has 0 spiro atoms. The summed E-state index contributed by atoms with van der Waals surface area (Å²) in [6.07, 6.45) is 12.1. The molecule has 1 rings (SSSR count). The number of nitrogens with two attached hydrogens (primary N) is 1. The lowest BCUT2D eigenvalue weighted by molar-refractivity contribution is -0.986. The number of unbranched alkanes of at least 4 members (excludes halogenated alkanes) is 1. The van der Waals surface area contributed by atoms with Crippen LogP contribution in [0.25, 0.3) is 0 Å². The van der Waals surface area contributed by atoms with Crippen molar-refractivity contribution in [3.63, 3.8) is 0 Å². The monoisotopic (exact) mass is 258 g/mol. The van der Waals surface area contributed by atoms with E-state index in [1.807, 2.05) is 0 Å². The van der Waals surface area contributed by atoms with Crippen LogP contribution in [0.15, 0.2) is 0 Å². The fourth-order valence-electron chi connectivity index (χ4n) is 3.64. The van der Waals surface area contributed by atoms with Gasteiger partial charge in [0.2, 0.25) is 0 Å². The molecule has 0 bridgehead atoms. The van der Waals surface area contributed by atoms with E-state index in [1.54, 1.807) is 0 Å². The first kappa shape index (κ1) is 15.9. The van der Waals surface area contributed by atoms with Crippen molar-refractivity contribution < 1.29 is 4.59 Å². The van der Waals surface area contributed by atoms with Gasteiger partial charge in [-0.15, -0.1) is 5.53 Å². The summed E-state index contributed by atoms with van der Waals surface area (Å²) in [7, 11) is 4.47. The first-order valence-electron chi connectivity index (χ1n) is 7.79. The molecular weight excluding hydrogens is 224 g/mol. The van der Waals surface area contributed by atoms with Crippen LogP contribution in [-0.4, -0.2) is 24.2 Å². The van der Waals surface area contributed by atoms with Crippen molar-refractivity contribution in [3.05, 3.63) is 0 Å². The summed E-state index contributed by atoms with van der Waals surface area (Å²) in [6.45, 7) is 4.70. The molecule has 0 aliphatic heterocycles. The van der Waals surface area contributed by atoms with Crippen LogP contribution in [0.5, 0.6) is 0 Å². The van der Waals surface area contributed by atoms with Gasteiger partial charge in [-0.3, -0.25) is 0 Å². The van der Waals surface area contributed by atoms with Crippen LogP contribution in [0.4, 0.5) is 0 Å². The molecule has 1 aliphatic rings. The zero-order chi connectivity index (χ0) is 13.6. The summed E-state index contributed by atoms with van der Waals surface area (Å²) in [6, 6.07) is 0. The first-order valence-corrected chi connectivity index (χ1v) is 7.79. The third kappa shape index (κ3) is 3.69. The fraction of sp³-hybridized carbons (Fsp3) is 1.00. The zero-order valence-corrected chi connectivity index (χ0v) is 13.0. The summed E-state index contributed by atoms with van der Waals surface area (Å²) < 4.78 is 0.767. The second kappa shape index (κ2) is 6.88. The fourth-order valence-corrected chi connectivity index (χ4v) is 3.64. The van der Waals surface area contributed by atoms with Gasteiger partial charge in [-0.25, -0.2) is 10.4 Å². The highest BCUT2D eigenvalue weighted by atomic mass is 17.0. The second-order valence-electron chi connectivity index (χ2n) is 6.82. The molecule has 0 saturated heterocycles. The van der Waals surface area contributed by atoms with Gasteiger partial charge < -0.3 is 0 Å². The zero-order valence-electron chi connectivity index (χ0n) is 13.0. The molecular formula is C15H34N3+. The molecule has 3 heteroatoms. The SMILES string of the molecule is CCCCC(C)CC1([16N+](C)(C)NN)CCCCC1. The predicted octanol–water partition coefficient (Wildman–Crippen LogP) is 3.36. The first-order chi connectivity index (χ1) is 8.47. The average Bonchev–Trinajstić information content (AvgIpc) is 2.37. The molecule has 1 unspecified atom stereocenters. The molecule has 0 aromatic rings. The number of rotatable bonds is 7. The van der Waals surface area contributed by atoms with Gasteiger partial charge in [0.05, 0.1) is 14.1 Å². The maximum absolute atomic E-state index is 5.82. The Kier molecular flexibility index (Phi) is 6.09. The minimum Gasteiger partial charge on any atom is -0.232 e. The number of nitrogens with zero attached hydrogens (tertiary/aromatic N) is 1. The number of hydrazine groups is 1. The van der Waals surface area contributed by atoms with E-state index in [0.717, 1.165) is 10.5 Å². The molecule has 1 atom stereocenters. The summed E-state index contributed by atoms with van der Waals surface area (Å²) >= 11 is 0. The predicted molar refractivity (Wildman–Crippen MR) is 78.6 cm³/mol. The largest absolute Gasteiger partial charge is 0.232 e. The van der Waals surface area contributed by atoms with E-state index in [0.29, 0.717) is 5.54 Å². The lowest BCUT2D eigenvalue weighted by atomic mass is 9.77. The normalized spacial score (nSPS) is 21.8. The standard InChI is InChI=1S/C15H34N3/c1-5-6-10-14(2)13-15(18(3,4)17-16)11-8-7-9-12-15/h14,17H,5-13,16H2,1-4H3/q+1/i18+2.